The first-order chi connectivity index (χ1) is 16.3. The lowest BCUT2D eigenvalue weighted by atomic mass is 9.77. The summed E-state index contributed by atoms with van der Waals surface area (Å²) in [4.78, 5) is 30.4. The van der Waals surface area contributed by atoms with Crippen molar-refractivity contribution in [3.8, 4) is 5.75 Å². The number of amides is 2. The van der Waals surface area contributed by atoms with Crippen molar-refractivity contribution in [1.29, 1.82) is 0 Å². The van der Waals surface area contributed by atoms with Gasteiger partial charge >= 0.3 is 0 Å². The van der Waals surface area contributed by atoms with Crippen LogP contribution in [0.2, 0.25) is 5.02 Å². The molecular formula is C26H35ClN4O3. The third kappa shape index (κ3) is 6.12. The second kappa shape index (κ2) is 10.8. The Bertz CT molecular complexity index is 1020. The van der Waals surface area contributed by atoms with Crippen molar-refractivity contribution in [1.82, 2.24) is 19.6 Å². The summed E-state index contributed by atoms with van der Waals surface area (Å²) >= 11 is 6.14. The molecule has 0 aliphatic carbocycles. The molecule has 2 aliphatic heterocycles. The molecule has 1 atom stereocenters. The van der Waals surface area contributed by atoms with Gasteiger partial charge in [-0.2, -0.15) is 5.10 Å². The highest BCUT2D eigenvalue weighted by molar-refractivity contribution is 6.30. The zero-order valence-corrected chi connectivity index (χ0v) is 21.0. The average Bonchev–Trinajstić information content (AvgIpc) is 3.15. The maximum Gasteiger partial charge on any atom is 0.244 e. The summed E-state index contributed by atoms with van der Waals surface area (Å²) in [5, 5.41) is 5.06. The average molecular weight is 487 g/mol. The summed E-state index contributed by atoms with van der Waals surface area (Å²) in [5.41, 5.74) is 1.44. The molecule has 2 aromatic rings. The Hall–Kier alpha value is -2.54. The van der Waals surface area contributed by atoms with Crippen LogP contribution in [-0.2, 0) is 16.1 Å². The van der Waals surface area contributed by atoms with Crippen molar-refractivity contribution in [2.75, 3.05) is 32.8 Å². The number of nitrogens with zero attached hydrogens (tertiary/aromatic N) is 4. The third-order valence-corrected chi connectivity index (χ3v) is 7.21. The van der Waals surface area contributed by atoms with E-state index in [1.165, 1.54) is 6.42 Å². The molecule has 8 heteroatoms. The van der Waals surface area contributed by atoms with Crippen molar-refractivity contribution in [3.05, 3.63) is 46.7 Å². The minimum atomic E-state index is -0.431. The second-order valence-electron chi connectivity index (χ2n) is 9.87. The lowest BCUT2D eigenvalue weighted by Crippen LogP contribution is -2.52. The van der Waals surface area contributed by atoms with Crippen LogP contribution < -0.4 is 4.74 Å². The van der Waals surface area contributed by atoms with Gasteiger partial charge in [0.05, 0.1) is 12.3 Å². The highest BCUT2D eigenvalue weighted by Gasteiger charge is 2.41. The quantitative estimate of drug-likeness (QED) is 0.587. The van der Waals surface area contributed by atoms with Crippen molar-refractivity contribution in [2.45, 2.75) is 58.9 Å². The molecule has 2 saturated heterocycles. The van der Waals surface area contributed by atoms with Crippen LogP contribution in [0.3, 0.4) is 0 Å². The third-order valence-electron chi connectivity index (χ3n) is 6.98. The van der Waals surface area contributed by atoms with Crippen LogP contribution in [0.25, 0.3) is 0 Å². The molecule has 0 spiro atoms. The Morgan fingerprint density at radius 2 is 1.79 bits per heavy atom. The number of aromatic nitrogens is 2. The van der Waals surface area contributed by atoms with E-state index < -0.39 is 5.41 Å². The number of benzene rings is 1. The zero-order valence-electron chi connectivity index (χ0n) is 20.3. The van der Waals surface area contributed by atoms with Crippen molar-refractivity contribution in [3.63, 3.8) is 0 Å². The molecule has 184 valence electrons. The Morgan fingerprint density at radius 3 is 2.50 bits per heavy atom. The number of halogens is 1. The molecular weight excluding hydrogens is 452 g/mol. The molecule has 2 fully saturated rings. The van der Waals surface area contributed by atoms with E-state index in [0.29, 0.717) is 36.9 Å². The zero-order chi connectivity index (χ0) is 24.1. The topological polar surface area (TPSA) is 67.7 Å². The first-order valence-electron chi connectivity index (χ1n) is 12.3. The van der Waals surface area contributed by atoms with Crippen LogP contribution in [0, 0.1) is 19.3 Å². The van der Waals surface area contributed by atoms with Crippen LogP contribution in [0.15, 0.2) is 30.3 Å². The van der Waals surface area contributed by atoms with E-state index in [1.807, 2.05) is 47.9 Å². The smallest absolute Gasteiger partial charge is 0.244 e. The number of ether oxygens (including phenoxy) is 1. The number of hydrogen-bond acceptors (Lipinski definition) is 4. The number of likely N-dealkylation sites (tertiary alicyclic amines) is 2. The standard InChI is InChI=1S/C26H35ClN4O3/c1-20-14-21(2)31(28-20)17-25(33)30-13-7-10-26(18-30,16-24(32)29-11-4-3-5-12-29)19-34-23-9-6-8-22(27)15-23/h6,8-9,14-15H,3-5,7,10-13,16-19H2,1-2H3. The summed E-state index contributed by atoms with van der Waals surface area (Å²) < 4.78 is 7.94. The molecule has 1 unspecified atom stereocenters. The van der Waals surface area contributed by atoms with Gasteiger partial charge in [-0.3, -0.25) is 14.3 Å². The number of aryl methyl sites for hydroxylation is 2. The van der Waals surface area contributed by atoms with Gasteiger partial charge in [-0.15, -0.1) is 0 Å². The van der Waals surface area contributed by atoms with E-state index in [0.717, 1.165) is 50.2 Å². The van der Waals surface area contributed by atoms with Gasteiger partial charge in [-0.25, -0.2) is 0 Å². The molecule has 2 aliphatic rings. The number of carbonyl (C=O) groups excluding carboxylic acids is 2. The van der Waals surface area contributed by atoms with Crippen LogP contribution in [-0.4, -0.2) is 64.2 Å². The Labute approximate surface area is 207 Å². The van der Waals surface area contributed by atoms with E-state index in [9.17, 15) is 9.59 Å². The fourth-order valence-corrected chi connectivity index (χ4v) is 5.35. The van der Waals surface area contributed by atoms with E-state index in [-0.39, 0.29) is 18.4 Å². The molecule has 1 aromatic heterocycles. The van der Waals surface area contributed by atoms with Gasteiger partial charge < -0.3 is 14.5 Å². The second-order valence-corrected chi connectivity index (χ2v) is 10.3. The molecule has 4 rings (SSSR count). The highest BCUT2D eigenvalue weighted by atomic mass is 35.5. The molecule has 0 N–H and O–H groups in total. The summed E-state index contributed by atoms with van der Waals surface area (Å²) in [5.74, 6) is 0.883. The lowest BCUT2D eigenvalue weighted by molar-refractivity contribution is -0.142. The van der Waals surface area contributed by atoms with Crippen LogP contribution >= 0.6 is 11.6 Å². The van der Waals surface area contributed by atoms with E-state index in [2.05, 4.69) is 5.10 Å². The minimum Gasteiger partial charge on any atom is -0.493 e. The molecule has 2 amide bonds. The largest absolute Gasteiger partial charge is 0.493 e. The van der Waals surface area contributed by atoms with Crippen molar-refractivity contribution in [2.24, 2.45) is 5.41 Å². The van der Waals surface area contributed by atoms with E-state index >= 15 is 0 Å². The summed E-state index contributed by atoms with van der Waals surface area (Å²) in [6, 6.07) is 9.30. The number of carbonyl (C=O) groups is 2. The molecule has 3 heterocycles. The summed E-state index contributed by atoms with van der Waals surface area (Å²) in [7, 11) is 0. The predicted molar refractivity (Wildman–Crippen MR) is 132 cm³/mol. The van der Waals surface area contributed by atoms with Gasteiger partial charge in [0.25, 0.3) is 0 Å². The SMILES string of the molecule is Cc1cc(C)n(CC(=O)N2CCCC(COc3cccc(Cl)c3)(CC(=O)N3CCCCC3)C2)n1. The first kappa shape index (κ1) is 24.6. The van der Waals surface area contributed by atoms with Crippen molar-refractivity contribution >= 4 is 23.4 Å². The van der Waals surface area contributed by atoms with E-state index in [1.54, 1.807) is 10.7 Å². The number of rotatable bonds is 7. The van der Waals surface area contributed by atoms with Gasteiger partial charge in [0, 0.05) is 48.7 Å². The van der Waals surface area contributed by atoms with Crippen molar-refractivity contribution < 1.29 is 14.3 Å². The molecule has 34 heavy (non-hydrogen) atoms. The summed E-state index contributed by atoms with van der Waals surface area (Å²) in [6.45, 7) is 7.32. The lowest BCUT2D eigenvalue weighted by Gasteiger charge is -2.43. The fraction of sp³-hybridized carbons (Fsp3) is 0.577. The molecule has 0 radical (unpaired) electrons. The molecule has 0 bridgehead atoms. The maximum absolute atomic E-state index is 13.3. The molecule has 7 nitrogen and oxygen atoms in total. The van der Waals surface area contributed by atoms with Gasteiger partial charge in [-0.05, 0) is 70.2 Å². The maximum atomic E-state index is 13.3. The normalized spacial score (nSPS) is 20.9. The van der Waals surface area contributed by atoms with Gasteiger partial charge in [0.1, 0.15) is 12.3 Å². The Morgan fingerprint density at radius 1 is 1.03 bits per heavy atom. The molecule has 1 aromatic carbocycles. The summed E-state index contributed by atoms with van der Waals surface area (Å²) in [6.07, 6.45) is 5.38. The van der Waals surface area contributed by atoms with Gasteiger partial charge in [0.15, 0.2) is 0 Å². The highest BCUT2D eigenvalue weighted by Crippen LogP contribution is 2.36. The number of piperidine rings is 2. The van der Waals surface area contributed by atoms with Gasteiger partial charge in [0.2, 0.25) is 11.8 Å². The van der Waals surface area contributed by atoms with E-state index in [4.69, 9.17) is 16.3 Å². The predicted octanol–water partition coefficient (Wildman–Crippen LogP) is 4.24. The van der Waals surface area contributed by atoms with Crippen LogP contribution in [0.1, 0.15) is 49.9 Å². The minimum absolute atomic E-state index is 0.0310. The van der Waals surface area contributed by atoms with Crippen LogP contribution in [0.4, 0.5) is 0 Å². The molecule has 0 saturated carbocycles. The Balaban J connectivity index is 1.50. The monoisotopic (exact) mass is 486 g/mol. The van der Waals surface area contributed by atoms with Gasteiger partial charge in [-0.1, -0.05) is 17.7 Å². The Kier molecular flexibility index (Phi) is 7.81. The first-order valence-corrected chi connectivity index (χ1v) is 12.7. The number of hydrogen-bond donors (Lipinski definition) is 0. The van der Waals surface area contributed by atoms with Crippen LogP contribution in [0.5, 0.6) is 5.75 Å². The fourth-order valence-electron chi connectivity index (χ4n) is 5.17.